The molecule has 0 aromatic heterocycles. The highest BCUT2D eigenvalue weighted by Gasteiger charge is 2.27. The third-order valence-electron chi connectivity index (χ3n) is 3.58. The third-order valence-corrected chi connectivity index (χ3v) is 3.58. The van der Waals surface area contributed by atoms with Gasteiger partial charge in [0.15, 0.2) is 0 Å². The number of ether oxygens (including phenoxy) is 1. The molecule has 0 aliphatic carbocycles. The minimum Gasteiger partial charge on any atom is -0.481 e. The van der Waals surface area contributed by atoms with Crippen molar-refractivity contribution in [2.75, 3.05) is 40.4 Å². The molecule has 1 rings (SSSR count). The van der Waals surface area contributed by atoms with Crippen LogP contribution in [0.5, 0.6) is 0 Å². The van der Waals surface area contributed by atoms with Gasteiger partial charge in [0.1, 0.15) is 0 Å². The Morgan fingerprint density at radius 1 is 1.53 bits per heavy atom. The number of hydrogen-bond donors (Lipinski definition) is 1. The summed E-state index contributed by atoms with van der Waals surface area (Å²) in [5.41, 5.74) is 0. The molecule has 0 spiro atoms. The number of aliphatic carboxylic acids is 1. The van der Waals surface area contributed by atoms with Gasteiger partial charge in [-0.3, -0.25) is 9.69 Å². The van der Waals surface area contributed by atoms with Crippen LogP contribution in [-0.2, 0) is 9.53 Å². The van der Waals surface area contributed by atoms with Crippen molar-refractivity contribution in [1.29, 1.82) is 0 Å². The molecule has 1 saturated heterocycles. The Labute approximate surface area is 103 Å². The summed E-state index contributed by atoms with van der Waals surface area (Å²) in [6, 6.07) is 0.598. The number of carboxylic acid groups (broad SMARTS) is 1. The smallest absolute Gasteiger partial charge is 0.304 e. The Kier molecular flexibility index (Phi) is 5.88. The van der Waals surface area contributed by atoms with E-state index >= 15 is 0 Å². The number of carbonyl (C=O) groups is 1. The summed E-state index contributed by atoms with van der Waals surface area (Å²) in [4.78, 5) is 15.4. The molecule has 0 radical (unpaired) electrons. The molecule has 5 nitrogen and oxygen atoms in total. The lowest BCUT2D eigenvalue weighted by molar-refractivity contribution is -0.138. The molecule has 1 fully saturated rings. The minimum atomic E-state index is -0.719. The SMILES string of the molecule is COCCN1CC(CC(=O)O)N(C)CCC1C. The largest absolute Gasteiger partial charge is 0.481 e. The van der Waals surface area contributed by atoms with Crippen LogP contribution in [0.4, 0.5) is 0 Å². The maximum absolute atomic E-state index is 10.9. The lowest BCUT2D eigenvalue weighted by Crippen LogP contribution is -2.43. The summed E-state index contributed by atoms with van der Waals surface area (Å²) in [5.74, 6) is -0.719. The molecule has 2 atom stereocenters. The highest BCUT2D eigenvalue weighted by Crippen LogP contribution is 2.16. The second kappa shape index (κ2) is 6.93. The van der Waals surface area contributed by atoms with Gasteiger partial charge in [-0.2, -0.15) is 0 Å². The summed E-state index contributed by atoms with van der Waals surface area (Å²) >= 11 is 0. The summed E-state index contributed by atoms with van der Waals surface area (Å²) in [6.07, 6.45) is 1.29. The van der Waals surface area contributed by atoms with Crippen molar-refractivity contribution < 1.29 is 14.6 Å². The predicted molar refractivity (Wildman–Crippen MR) is 66.2 cm³/mol. The Bertz CT molecular complexity index is 248. The van der Waals surface area contributed by atoms with Gasteiger partial charge >= 0.3 is 5.97 Å². The molecule has 2 unspecified atom stereocenters. The second-order valence-electron chi connectivity index (χ2n) is 4.86. The monoisotopic (exact) mass is 244 g/mol. The first-order valence-corrected chi connectivity index (χ1v) is 6.19. The predicted octanol–water partition coefficient (Wildman–Crippen LogP) is 0.502. The number of hydrogen-bond acceptors (Lipinski definition) is 4. The summed E-state index contributed by atoms with van der Waals surface area (Å²) in [5, 5.41) is 8.93. The number of nitrogens with zero attached hydrogens (tertiary/aromatic N) is 2. The Balaban J connectivity index is 2.60. The zero-order valence-corrected chi connectivity index (χ0v) is 11.1. The molecule has 0 saturated carbocycles. The first-order chi connectivity index (χ1) is 8.04. The van der Waals surface area contributed by atoms with Crippen LogP contribution in [0, 0.1) is 0 Å². The third kappa shape index (κ3) is 4.61. The molecular weight excluding hydrogens is 220 g/mol. The van der Waals surface area contributed by atoms with E-state index in [2.05, 4.69) is 16.7 Å². The fraction of sp³-hybridized carbons (Fsp3) is 0.917. The first kappa shape index (κ1) is 14.4. The first-order valence-electron chi connectivity index (χ1n) is 6.19. The van der Waals surface area contributed by atoms with Gasteiger partial charge in [0.05, 0.1) is 13.0 Å². The topological polar surface area (TPSA) is 53.0 Å². The molecule has 5 heteroatoms. The minimum absolute atomic E-state index is 0.106. The zero-order valence-electron chi connectivity index (χ0n) is 11.1. The second-order valence-corrected chi connectivity index (χ2v) is 4.86. The quantitative estimate of drug-likeness (QED) is 0.763. The van der Waals surface area contributed by atoms with E-state index in [1.807, 2.05) is 7.05 Å². The van der Waals surface area contributed by atoms with Gasteiger partial charge in [0, 0.05) is 32.3 Å². The number of likely N-dealkylation sites (N-methyl/N-ethyl adjacent to an activating group) is 1. The zero-order chi connectivity index (χ0) is 12.8. The Morgan fingerprint density at radius 3 is 2.82 bits per heavy atom. The number of rotatable bonds is 5. The van der Waals surface area contributed by atoms with Crippen LogP contribution in [0.25, 0.3) is 0 Å². The van der Waals surface area contributed by atoms with E-state index < -0.39 is 5.97 Å². The van der Waals surface area contributed by atoms with Crippen LogP contribution in [0.3, 0.4) is 0 Å². The van der Waals surface area contributed by atoms with Crippen LogP contribution in [0.15, 0.2) is 0 Å². The van der Waals surface area contributed by atoms with E-state index in [9.17, 15) is 4.79 Å². The van der Waals surface area contributed by atoms with Crippen LogP contribution >= 0.6 is 0 Å². The summed E-state index contributed by atoms with van der Waals surface area (Å²) in [6.45, 7) is 5.55. The van der Waals surface area contributed by atoms with Crippen molar-refractivity contribution in [2.24, 2.45) is 0 Å². The average Bonchev–Trinajstić information content (AvgIpc) is 2.39. The Hall–Kier alpha value is -0.650. The Morgan fingerprint density at radius 2 is 2.24 bits per heavy atom. The van der Waals surface area contributed by atoms with Crippen molar-refractivity contribution in [1.82, 2.24) is 9.80 Å². The van der Waals surface area contributed by atoms with Gasteiger partial charge in [-0.1, -0.05) is 0 Å². The van der Waals surface area contributed by atoms with Crippen LogP contribution in [0.2, 0.25) is 0 Å². The molecule has 1 heterocycles. The van der Waals surface area contributed by atoms with E-state index in [0.717, 1.165) is 26.1 Å². The van der Waals surface area contributed by atoms with Crippen LogP contribution < -0.4 is 0 Å². The number of carboxylic acids is 1. The average molecular weight is 244 g/mol. The molecule has 1 aliphatic rings. The van der Waals surface area contributed by atoms with E-state index in [4.69, 9.17) is 9.84 Å². The molecule has 17 heavy (non-hydrogen) atoms. The van der Waals surface area contributed by atoms with Crippen molar-refractivity contribution in [3.63, 3.8) is 0 Å². The van der Waals surface area contributed by atoms with Crippen molar-refractivity contribution >= 4 is 5.97 Å². The lowest BCUT2D eigenvalue weighted by Gasteiger charge is -2.30. The maximum atomic E-state index is 10.9. The van der Waals surface area contributed by atoms with Crippen LogP contribution in [0.1, 0.15) is 19.8 Å². The summed E-state index contributed by atoms with van der Waals surface area (Å²) < 4.78 is 5.11. The molecule has 100 valence electrons. The highest BCUT2D eigenvalue weighted by molar-refractivity contribution is 5.67. The van der Waals surface area contributed by atoms with E-state index in [-0.39, 0.29) is 12.5 Å². The standard InChI is InChI=1S/C12H24N2O3/c1-10-4-5-13(2)11(8-12(15)16)9-14(10)6-7-17-3/h10-11H,4-9H2,1-3H3,(H,15,16). The van der Waals surface area contributed by atoms with E-state index in [1.54, 1.807) is 7.11 Å². The van der Waals surface area contributed by atoms with Crippen molar-refractivity contribution in [2.45, 2.75) is 31.8 Å². The molecule has 1 N–H and O–H groups in total. The highest BCUT2D eigenvalue weighted by atomic mass is 16.5. The number of methoxy groups -OCH3 is 1. The van der Waals surface area contributed by atoms with Gasteiger partial charge in [-0.25, -0.2) is 0 Å². The molecular formula is C12H24N2O3. The van der Waals surface area contributed by atoms with Crippen molar-refractivity contribution in [3.8, 4) is 0 Å². The van der Waals surface area contributed by atoms with Gasteiger partial charge in [0.2, 0.25) is 0 Å². The molecule has 0 aromatic carbocycles. The van der Waals surface area contributed by atoms with E-state index in [1.165, 1.54) is 0 Å². The summed E-state index contributed by atoms with van der Waals surface area (Å²) in [7, 11) is 3.71. The molecule has 1 aliphatic heterocycles. The van der Waals surface area contributed by atoms with Crippen LogP contribution in [-0.4, -0.2) is 73.4 Å². The normalized spacial score (nSPS) is 27.9. The van der Waals surface area contributed by atoms with E-state index in [0.29, 0.717) is 12.6 Å². The molecule has 0 bridgehead atoms. The van der Waals surface area contributed by atoms with Gasteiger partial charge in [-0.05, 0) is 26.9 Å². The van der Waals surface area contributed by atoms with Gasteiger partial charge in [0.25, 0.3) is 0 Å². The maximum Gasteiger partial charge on any atom is 0.304 e. The molecule has 0 aromatic rings. The lowest BCUT2D eigenvalue weighted by atomic mass is 10.1. The van der Waals surface area contributed by atoms with Gasteiger partial charge < -0.3 is 14.7 Å². The van der Waals surface area contributed by atoms with Gasteiger partial charge in [-0.15, -0.1) is 0 Å². The fourth-order valence-corrected chi connectivity index (χ4v) is 2.29. The molecule has 0 amide bonds. The van der Waals surface area contributed by atoms with Crippen molar-refractivity contribution in [3.05, 3.63) is 0 Å². The fourth-order valence-electron chi connectivity index (χ4n) is 2.29.